The molecule has 1 heterocycles. The summed E-state index contributed by atoms with van der Waals surface area (Å²) in [5.41, 5.74) is 0.276. The van der Waals surface area contributed by atoms with E-state index in [2.05, 4.69) is 16.9 Å². The Morgan fingerprint density at radius 1 is 1.18 bits per heavy atom. The molecule has 4 nitrogen and oxygen atoms in total. The third-order valence-corrected chi connectivity index (χ3v) is 2.50. The van der Waals surface area contributed by atoms with E-state index >= 15 is 0 Å². The number of ether oxygens (including phenoxy) is 1. The van der Waals surface area contributed by atoms with Gasteiger partial charge in [0.15, 0.2) is 5.69 Å². The van der Waals surface area contributed by atoms with Gasteiger partial charge in [0.25, 0.3) is 0 Å². The van der Waals surface area contributed by atoms with Gasteiger partial charge in [-0.25, -0.2) is 9.78 Å². The van der Waals surface area contributed by atoms with Crippen molar-refractivity contribution in [3.63, 3.8) is 0 Å². The molecule has 17 heavy (non-hydrogen) atoms. The molecule has 0 aliphatic heterocycles. The van der Waals surface area contributed by atoms with Crippen LogP contribution in [0.1, 0.15) is 55.9 Å². The molecule has 0 saturated heterocycles. The number of carbonyl (C=O) groups is 1. The highest BCUT2D eigenvalue weighted by atomic mass is 16.5. The van der Waals surface area contributed by atoms with Gasteiger partial charge >= 0.3 is 5.97 Å². The van der Waals surface area contributed by atoms with Gasteiger partial charge in [0, 0.05) is 12.4 Å². The number of carbonyl (C=O) groups excluding carboxylic acids is 1. The maximum Gasteiger partial charge on any atom is 0.358 e. The zero-order valence-corrected chi connectivity index (χ0v) is 10.4. The molecule has 0 aromatic carbocycles. The van der Waals surface area contributed by atoms with E-state index in [4.69, 9.17) is 4.74 Å². The van der Waals surface area contributed by atoms with E-state index in [1.807, 2.05) is 0 Å². The number of hydrogen-bond acceptors (Lipinski definition) is 4. The molecule has 1 aromatic heterocycles. The Kier molecular flexibility index (Phi) is 6.95. The lowest BCUT2D eigenvalue weighted by Crippen LogP contribution is -2.08. The second kappa shape index (κ2) is 8.67. The van der Waals surface area contributed by atoms with Crippen LogP contribution in [0.25, 0.3) is 0 Å². The van der Waals surface area contributed by atoms with E-state index in [-0.39, 0.29) is 11.7 Å². The van der Waals surface area contributed by atoms with Crippen molar-refractivity contribution in [3.05, 3.63) is 24.3 Å². The van der Waals surface area contributed by atoms with Crippen LogP contribution >= 0.6 is 0 Å². The quantitative estimate of drug-likeness (QED) is 0.514. The van der Waals surface area contributed by atoms with Gasteiger partial charge in [0.05, 0.1) is 12.8 Å². The predicted molar refractivity (Wildman–Crippen MR) is 65.7 cm³/mol. The summed E-state index contributed by atoms with van der Waals surface area (Å²) in [4.78, 5) is 19.2. The first-order valence-electron chi connectivity index (χ1n) is 6.27. The molecule has 0 amide bonds. The van der Waals surface area contributed by atoms with Crippen LogP contribution < -0.4 is 0 Å². The summed E-state index contributed by atoms with van der Waals surface area (Å²) in [7, 11) is 0. The molecule has 94 valence electrons. The number of unbranched alkanes of at least 4 members (excludes halogenated alkanes) is 5. The third-order valence-electron chi connectivity index (χ3n) is 2.50. The normalized spacial score (nSPS) is 10.2. The largest absolute Gasteiger partial charge is 0.461 e. The average Bonchev–Trinajstić information content (AvgIpc) is 2.38. The first-order chi connectivity index (χ1) is 8.34. The van der Waals surface area contributed by atoms with Gasteiger partial charge in [-0.15, -0.1) is 0 Å². The van der Waals surface area contributed by atoms with Crippen molar-refractivity contribution in [1.82, 2.24) is 9.97 Å². The first kappa shape index (κ1) is 13.6. The fourth-order valence-electron chi connectivity index (χ4n) is 1.53. The second-order valence-electron chi connectivity index (χ2n) is 3.99. The van der Waals surface area contributed by atoms with E-state index in [1.165, 1.54) is 44.3 Å². The van der Waals surface area contributed by atoms with E-state index in [1.54, 1.807) is 0 Å². The Balaban J connectivity index is 2.05. The van der Waals surface area contributed by atoms with Crippen LogP contribution in [0, 0.1) is 0 Å². The summed E-state index contributed by atoms with van der Waals surface area (Å²) in [5, 5.41) is 0. The molecule has 0 bridgehead atoms. The van der Waals surface area contributed by atoms with Crippen LogP contribution in [0.15, 0.2) is 18.6 Å². The fraction of sp³-hybridized carbons (Fsp3) is 0.615. The average molecular weight is 236 g/mol. The molecule has 0 aliphatic carbocycles. The Bertz CT molecular complexity index is 314. The first-order valence-corrected chi connectivity index (χ1v) is 6.27. The predicted octanol–water partition coefficient (Wildman–Crippen LogP) is 2.99. The highest BCUT2D eigenvalue weighted by molar-refractivity contribution is 5.86. The van der Waals surface area contributed by atoms with E-state index in [9.17, 15) is 4.79 Å². The minimum Gasteiger partial charge on any atom is -0.461 e. The highest BCUT2D eigenvalue weighted by Crippen LogP contribution is 2.05. The minimum absolute atomic E-state index is 0.276. The van der Waals surface area contributed by atoms with Gasteiger partial charge in [-0.2, -0.15) is 0 Å². The maximum atomic E-state index is 11.5. The molecule has 1 aromatic rings. The van der Waals surface area contributed by atoms with Crippen molar-refractivity contribution in [2.45, 2.75) is 45.4 Å². The number of esters is 1. The molecule has 0 fully saturated rings. The van der Waals surface area contributed by atoms with Gasteiger partial charge in [-0.1, -0.05) is 39.0 Å². The number of hydrogen-bond donors (Lipinski definition) is 0. The van der Waals surface area contributed by atoms with E-state index in [0.29, 0.717) is 6.61 Å². The molecule has 4 heteroatoms. The number of nitrogens with zero attached hydrogens (tertiary/aromatic N) is 2. The molecular formula is C13H20N2O2. The fourth-order valence-corrected chi connectivity index (χ4v) is 1.53. The third kappa shape index (κ3) is 6.00. The molecule has 0 aliphatic rings. The lowest BCUT2D eigenvalue weighted by atomic mass is 10.1. The summed E-state index contributed by atoms with van der Waals surface area (Å²) < 4.78 is 5.09. The SMILES string of the molecule is CCCCCCCCOC(=O)c1cnccn1. The topological polar surface area (TPSA) is 52.1 Å². The molecule has 0 atom stereocenters. The van der Waals surface area contributed by atoms with Gasteiger partial charge < -0.3 is 4.74 Å². The Labute approximate surface area is 102 Å². The zero-order chi connectivity index (χ0) is 12.3. The Morgan fingerprint density at radius 2 is 1.94 bits per heavy atom. The molecule has 0 unspecified atom stereocenters. The molecule has 0 radical (unpaired) electrons. The Morgan fingerprint density at radius 3 is 2.65 bits per heavy atom. The summed E-state index contributed by atoms with van der Waals surface area (Å²) >= 11 is 0. The zero-order valence-electron chi connectivity index (χ0n) is 10.4. The van der Waals surface area contributed by atoms with Gasteiger partial charge in [-0.3, -0.25) is 4.98 Å². The molecule has 0 saturated carbocycles. The Hall–Kier alpha value is -1.45. The van der Waals surface area contributed by atoms with E-state index in [0.717, 1.165) is 12.8 Å². The molecule has 0 spiro atoms. The maximum absolute atomic E-state index is 11.5. The van der Waals surface area contributed by atoms with Gasteiger partial charge in [-0.05, 0) is 6.42 Å². The van der Waals surface area contributed by atoms with E-state index < -0.39 is 0 Å². The van der Waals surface area contributed by atoms with Crippen molar-refractivity contribution < 1.29 is 9.53 Å². The molecule has 1 rings (SSSR count). The highest BCUT2D eigenvalue weighted by Gasteiger charge is 2.07. The number of aromatic nitrogens is 2. The van der Waals surface area contributed by atoms with Crippen molar-refractivity contribution in [1.29, 1.82) is 0 Å². The second-order valence-corrected chi connectivity index (χ2v) is 3.99. The van der Waals surface area contributed by atoms with Crippen molar-refractivity contribution in [2.75, 3.05) is 6.61 Å². The van der Waals surface area contributed by atoms with Crippen molar-refractivity contribution >= 4 is 5.97 Å². The molecular weight excluding hydrogens is 216 g/mol. The monoisotopic (exact) mass is 236 g/mol. The smallest absolute Gasteiger partial charge is 0.358 e. The lowest BCUT2D eigenvalue weighted by molar-refractivity contribution is 0.0490. The van der Waals surface area contributed by atoms with Gasteiger partial charge in [0.2, 0.25) is 0 Å². The summed E-state index contributed by atoms with van der Waals surface area (Å²) in [6.45, 7) is 2.67. The van der Waals surface area contributed by atoms with Gasteiger partial charge in [0.1, 0.15) is 0 Å². The lowest BCUT2D eigenvalue weighted by Gasteiger charge is -2.03. The minimum atomic E-state index is -0.383. The summed E-state index contributed by atoms with van der Waals surface area (Å²) in [5.74, 6) is -0.383. The standard InChI is InChI=1S/C13H20N2O2/c1-2-3-4-5-6-7-10-17-13(16)12-11-14-8-9-15-12/h8-9,11H,2-7,10H2,1H3. The summed E-state index contributed by atoms with van der Waals surface area (Å²) in [6, 6.07) is 0. The van der Waals surface area contributed by atoms with Crippen LogP contribution in [-0.2, 0) is 4.74 Å². The van der Waals surface area contributed by atoms with Crippen LogP contribution in [0.3, 0.4) is 0 Å². The summed E-state index contributed by atoms with van der Waals surface area (Å²) in [6.07, 6.45) is 11.5. The van der Waals surface area contributed by atoms with Crippen LogP contribution in [0.4, 0.5) is 0 Å². The van der Waals surface area contributed by atoms with Crippen LogP contribution in [0.5, 0.6) is 0 Å². The van der Waals surface area contributed by atoms with Crippen molar-refractivity contribution in [2.24, 2.45) is 0 Å². The number of rotatable bonds is 8. The molecule has 0 N–H and O–H groups in total. The van der Waals surface area contributed by atoms with Crippen LogP contribution in [-0.4, -0.2) is 22.5 Å². The van der Waals surface area contributed by atoms with Crippen molar-refractivity contribution in [3.8, 4) is 0 Å². The van der Waals surface area contributed by atoms with Crippen LogP contribution in [0.2, 0.25) is 0 Å².